The van der Waals surface area contributed by atoms with Gasteiger partial charge in [-0.25, -0.2) is 9.59 Å². The van der Waals surface area contributed by atoms with Crippen LogP contribution >= 0.6 is 15.9 Å². The second-order valence-corrected chi connectivity index (χ2v) is 6.94. The van der Waals surface area contributed by atoms with E-state index in [0.29, 0.717) is 15.6 Å². The summed E-state index contributed by atoms with van der Waals surface area (Å²) in [6, 6.07) is 4.41. The number of nitrogens with one attached hydrogen (secondary N) is 1. The van der Waals surface area contributed by atoms with Crippen molar-refractivity contribution in [3.8, 4) is 0 Å². The average Bonchev–Trinajstić information content (AvgIpc) is 2.40. The first-order valence-corrected chi connectivity index (χ1v) is 7.67. The molecule has 1 fully saturated rings. The van der Waals surface area contributed by atoms with E-state index in [1.807, 2.05) is 0 Å². The van der Waals surface area contributed by atoms with Gasteiger partial charge in [0.2, 0.25) is 0 Å². The molecule has 0 bridgehead atoms. The summed E-state index contributed by atoms with van der Waals surface area (Å²) in [5.74, 6) is -0.994. The fourth-order valence-electron chi connectivity index (χ4n) is 2.26. The van der Waals surface area contributed by atoms with Crippen LogP contribution < -0.4 is 5.32 Å². The maximum Gasteiger partial charge on any atom is 0.335 e. The molecule has 2 rings (SSSR count). The first kappa shape index (κ1) is 15.8. The number of rotatable bonds is 2. The predicted molar refractivity (Wildman–Crippen MR) is 84.7 cm³/mol. The van der Waals surface area contributed by atoms with Crippen molar-refractivity contribution >= 4 is 33.6 Å². The van der Waals surface area contributed by atoms with E-state index >= 15 is 0 Å². The minimum atomic E-state index is -0.994. The molecule has 2 N–H and O–H groups in total. The third-order valence-electron chi connectivity index (χ3n) is 3.86. The zero-order valence-electron chi connectivity index (χ0n) is 12.1. The van der Waals surface area contributed by atoms with E-state index in [9.17, 15) is 9.59 Å². The molecule has 0 unspecified atom stereocenters. The van der Waals surface area contributed by atoms with Gasteiger partial charge in [0.25, 0.3) is 0 Å². The van der Waals surface area contributed by atoms with E-state index in [4.69, 9.17) is 5.11 Å². The van der Waals surface area contributed by atoms with E-state index in [-0.39, 0.29) is 11.6 Å². The van der Waals surface area contributed by atoms with Gasteiger partial charge in [-0.1, -0.05) is 13.8 Å². The summed E-state index contributed by atoms with van der Waals surface area (Å²) in [6.45, 7) is 5.90. The number of carboxylic acid groups (broad SMARTS) is 1. The number of urea groups is 1. The fraction of sp³-hybridized carbons (Fsp3) is 0.467. The Balaban J connectivity index is 2.02. The second-order valence-electron chi connectivity index (χ2n) is 6.08. The fourth-order valence-corrected chi connectivity index (χ4v) is 2.74. The Morgan fingerprint density at radius 1 is 1.29 bits per heavy atom. The van der Waals surface area contributed by atoms with Crippen LogP contribution in [0.3, 0.4) is 0 Å². The molecule has 1 aliphatic heterocycles. The van der Waals surface area contributed by atoms with Crippen LogP contribution in [0.5, 0.6) is 0 Å². The SMILES string of the molecule is CC1(C)CCN(C(=O)Nc2ccc(C(=O)O)cc2Br)CC1. The number of carboxylic acids is 1. The van der Waals surface area contributed by atoms with Crippen molar-refractivity contribution in [1.29, 1.82) is 0 Å². The van der Waals surface area contributed by atoms with Crippen molar-refractivity contribution in [2.24, 2.45) is 5.41 Å². The summed E-state index contributed by atoms with van der Waals surface area (Å²) in [6.07, 6.45) is 1.97. The molecule has 2 amide bonds. The molecule has 5 nitrogen and oxygen atoms in total. The van der Waals surface area contributed by atoms with Crippen molar-refractivity contribution in [3.05, 3.63) is 28.2 Å². The normalized spacial score (nSPS) is 17.4. The van der Waals surface area contributed by atoms with Crippen LogP contribution in [0.25, 0.3) is 0 Å². The Hall–Kier alpha value is -1.56. The molecule has 6 heteroatoms. The molecule has 1 saturated heterocycles. The number of piperidine rings is 1. The van der Waals surface area contributed by atoms with E-state index < -0.39 is 5.97 Å². The molecular weight excluding hydrogens is 336 g/mol. The number of likely N-dealkylation sites (tertiary alicyclic amines) is 1. The van der Waals surface area contributed by atoms with Crippen LogP contribution in [-0.2, 0) is 0 Å². The first-order valence-electron chi connectivity index (χ1n) is 6.87. The summed E-state index contributed by atoms with van der Waals surface area (Å²) in [5.41, 5.74) is 1.05. The molecule has 0 radical (unpaired) electrons. The standard InChI is InChI=1S/C15H19BrN2O3/c1-15(2)5-7-18(8-6-15)14(21)17-12-4-3-10(13(19)20)9-11(12)16/h3-4,9H,5-8H2,1-2H3,(H,17,21)(H,19,20). The molecule has 0 aromatic heterocycles. The number of hydrogen-bond acceptors (Lipinski definition) is 2. The van der Waals surface area contributed by atoms with Crippen LogP contribution in [0.2, 0.25) is 0 Å². The number of carbonyl (C=O) groups excluding carboxylic acids is 1. The van der Waals surface area contributed by atoms with Crippen molar-refractivity contribution in [2.45, 2.75) is 26.7 Å². The number of nitrogens with zero attached hydrogens (tertiary/aromatic N) is 1. The van der Waals surface area contributed by atoms with Crippen molar-refractivity contribution in [1.82, 2.24) is 4.90 Å². The Labute approximate surface area is 132 Å². The molecule has 0 spiro atoms. The first-order chi connectivity index (χ1) is 9.78. The topological polar surface area (TPSA) is 69.6 Å². The highest BCUT2D eigenvalue weighted by Gasteiger charge is 2.28. The number of halogens is 1. The molecule has 1 aromatic carbocycles. The lowest BCUT2D eigenvalue weighted by Crippen LogP contribution is -2.43. The highest BCUT2D eigenvalue weighted by molar-refractivity contribution is 9.10. The molecule has 1 heterocycles. The maximum absolute atomic E-state index is 12.2. The minimum absolute atomic E-state index is 0.144. The van der Waals surface area contributed by atoms with E-state index in [0.717, 1.165) is 25.9 Å². The Morgan fingerprint density at radius 2 is 1.90 bits per heavy atom. The molecule has 0 aliphatic carbocycles. The average molecular weight is 355 g/mol. The Kier molecular flexibility index (Phi) is 4.56. The van der Waals surface area contributed by atoms with E-state index in [1.165, 1.54) is 12.1 Å². The minimum Gasteiger partial charge on any atom is -0.478 e. The van der Waals surface area contributed by atoms with E-state index in [2.05, 4.69) is 35.1 Å². The van der Waals surface area contributed by atoms with E-state index in [1.54, 1.807) is 11.0 Å². The van der Waals surface area contributed by atoms with Crippen LogP contribution in [0.15, 0.2) is 22.7 Å². The molecular formula is C15H19BrN2O3. The third kappa shape index (κ3) is 3.97. The zero-order valence-corrected chi connectivity index (χ0v) is 13.7. The quantitative estimate of drug-likeness (QED) is 0.848. The summed E-state index contributed by atoms with van der Waals surface area (Å²) in [4.78, 5) is 24.9. The summed E-state index contributed by atoms with van der Waals surface area (Å²) in [7, 11) is 0. The summed E-state index contributed by atoms with van der Waals surface area (Å²) in [5, 5.41) is 11.7. The second kappa shape index (κ2) is 6.05. The summed E-state index contributed by atoms with van der Waals surface area (Å²) < 4.78 is 0.563. The van der Waals surface area contributed by atoms with Crippen LogP contribution in [-0.4, -0.2) is 35.1 Å². The van der Waals surface area contributed by atoms with Gasteiger partial charge >= 0.3 is 12.0 Å². The Morgan fingerprint density at radius 3 is 2.43 bits per heavy atom. The van der Waals surface area contributed by atoms with Crippen LogP contribution in [0.4, 0.5) is 10.5 Å². The molecule has 0 atom stereocenters. The van der Waals surface area contributed by atoms with Crippen LogP contribution in [0, 0.1) is 5.41 Å². The number of aromatic carboxylic acids is 1. The smallest absolute Gasteiger partial charge is 0.335 e. The summed E-state index contributed by atoms with van der Waals surface area (Å²) >= 11 is 3.29. The van der Waals surface area contributed by atoms with Gasteiger partial charge in [-0.05, 0) is 52.4 Å². The zero-order chi connectivity index (χ0) is 15.6. The highest BCUT2D eigenvalue weighted by atomic mass is 79.9. The number of anilines is 1. The Bertz CT molecular complexity index is 562. The number of hydrogen-bond donors (Lipinski definition) is 2. The third-order valence-corrected chi connectivity index (χ3v) is 4.52. The molecule has 1 aliphatic rings. The highest BCUT2D eigenvalue weighted by Crippen LogP contribution is 2.30. The lowest BCUT2D eigenvalue weighted by molar-refractivity contribution is 0.0697. The number of carbonyl (C=O) groups is 2. The lowest BCUT2D eigenvalue weighted by atomic mass is 9.83. The molecule has 1 aromatic rings. The lowest BCUT2D eigenvalue weighted by Gasteiger charge is -2.36. The van der Waals surface area contributed by atoms with Crippen molar-refractivity contribution < 1.29 is 14.7 Å². The molecule has 114 valence electrons. The van der Waals surface area contributed by atoms with Gasteiger partial charge in [0.15, 0.2) is 0 Å². The van der Waals surface area contributed by atoms with Gasteiger partial charge in [-0.15, -0.1) is 0 Å². The van der Waals surface area contributed by atoms with Gasteiger partial charge in [0, 0.05) is 17.6 Å². The predicted octanol–water partition coefficient (Wildman–Crippen LogP) is 3.80. The van der Waals surface area contributed by atoms with Gasteiger partial charge in [0.05, 0.1) is 11.3 Å². The van der Waals surface area contributed by atoms with Gasteiger partial charge in [-0.2, -0.15) is 0 Å². The maximum atomic E-state index is 12.2. The number of benzene rings is 1. The molecule has 21 heavy (non-hydrogen) atoms. The van der Waals surface area contributed by atoms with Crippen molar-refractivity contribution in [2.75, 3.05) is 18.4 Å². The monoisotopic (exact) mass is 354 g/mol. The van der Waals surface area contributed by atoms with Gasteiger partial charge < -0.3 is 15.3 Å². The van der Waals surface area contributed by atoms with Crippen molar-refractivity contribution in [3.63, 3.8) is 0 Å². The molecule has 0 saturated carbocycles. The number of amides is 2. The van der Waals surface area contributed by atoms with Gasteiger partial charge in [0.1, 0.15) is 0 Å². The van der Waals surface area contributed by atoms with Gasteiger partial charge in [-0.3, -0.25) is 0 Å². The van der Waals surface area contributed by atoms with Crippen LogP contribution in [0.1, 0.15) is 37.0 Å². The largest absolute Gasteiger partial charge is 0.478 e.